The molecule has 5 nitrogen and oxygen atoms in total. The number of carbonyl (C=O) groups excluding carboxylic acids is 2. The van der Waals surface area contributed by atoms with Crippen LogP contribution in [0.3, 0.4) is 0 Å². The predicted molar refractivity (Wildman–Crippen MR) is 80.0 cm³/mol. The third kappa shape index (κ3) is 3.74. The zero-order chi connectivity index (χ0) is 15.2. The summed E-state index contributed by atoms with van der Waals surface area (Å²) < 4.78 is 5.61. The highest BCUT2D eigenvalue weighted by Crippen LogP contribution is 2.13. The van der Waals surface area contributed by atoms with Gasteiger partial charge in [0, 0.05) is 6.54 Å². The summed E-state index contributed by atoms with van der Waals surface area (Å²) in [5, 5.41) is 2.75. The molecule has 1 saturated heterocycles. The van der Waals surface area contributed by atoms with E-state index in [0.717, 1.165) is 5.75 Å². The number of piperazine rings is 1. The van der Waals surface area contributed by atoms with Crippen molar-refractivity contribution >= 4 is 11.8 Å². The molecule has 1 aromatic rings. The Morgan fingerprint density at radius 1 is 1.24 bits per heavy atom. The Balaban J connectivity index is 1.83. The van der Waals surface area contributed by atoms with Gasteiger partial charge in [-0.15, -0.1) is 0 Å². The third-order valence-electron chi connectivity index (χ3n) is 3.71. The van der Waals surface area contributed by atoms with Crippen molar-refractivity contribution in [3.63, 3.8) is 0 Å². The van der Waals surface area contributed by atoms with Crippen molar-refractivity contribution in [2.75, 3.05) is 13.2 Å². The molecule has 1 aliphatic rings. The molecule has 1 fully saturated rings. The van der Waals surface area contributed by atoms with Gasteiger partial charge >= 0.3 is 0 Å². The van der Waals surface area contributed by atoms with Gasteiger partial charge in [0.15, 0.2) is 0 Å². The number of benzene rings is 1. The van der Waals surface area contributed by atoms with E-state index in [1.165, 1.54) is 0 Å². The number of nitrogens with one attached hydrogen (secondary N) is 1. The van der Waals surface area contributed by atoms with Crippen LogP contribution >= 0.6 is 0 Å². The summed E-state index contributed by atoms with van der Waals surface area (Å²) >= 11 is 0. The molecule has 0 spiro atoms. The lowest BCUT2D eigenvalue weighted by atomic mass is 10.1. The summed E-state index contributed by atoms with van der Waals surface area (Å²) in [4.78, 5) is 25.7. The van der Waals surface area contributed by atoms with E-state index < -0.39 is 6.04 Å². The van der Waals surface area contributed by atoms with Gasteiger partial charge in [-0.05, 0) is 31.9 Å². The first-order valence-electron chi connectivity index (χ1n) is 7.42. The predicted octanol–water partition coefficient (Wildman–Crippen LogP) is 1.58. The first kappa shape index (κ1) is 15.4. The van der Waals surface area contributed by atoms with Gasteiger partial charge in [-0.2, -0.15) is 0 Å². The highest BCUT2D eigenvalue weighted by atomic mass is 16.5. The average molecular weight is 290 g/mol. The number of nitrogens with zero attached hydrogens (tertiary/aromatic N) is 1. The maximum Gasteiger partial charge on any atom is 0.245 e. The van der Waals surface area contributed by atoms with E-state index in [0.29, 0.717) is 26.0 Å². The smallest absolute Gasteiger partial charge is 0.245 e. The highest BCUT2D eigenvalue weighted by molar-refractivity contribution is 5.96. The fourth-order valence-electron chi connectivity index (χ4n) is 2.41. The van der Waals surface area contributed by atoms with Crippen LogP contribution in [0.2, 0.25) is 0 Å². The van der Waals surface area contributed by atoms with Crippen molar-refractivity contribution in [2.24, 2.45) is 0 Å². The molecule has 0 aliphatic carbocycles. The maximum absolute atomic E-state index is 12.2. The lowest BCUT2D eigenvalue weighted by molar-refractivity contribution is -0.148. The number of rotatable bonds is 6. The van der Waals surface area contributed by atoms with Crippen LogP contribution < -0.4 is 10.1 Å². The van der Waals surface area contributed by atoms with Crippen LogP contribution in [0.4, 0.5) is 0 Å². The minimum atomic E-state index is -0.406. The van der Waals surface area contributed by atoms with Crippen LogP contribution in [0.5, 0.6) is 5.75 Å². The molecule has 0 bridgehead atoms. The quantitative estimate of drug-likeness (QED) is 0.809. The van der Waals surface area contributed by atoms with Crippen molar-refractivity contribution in [3.05, 3.63) is 30.3 Å². The molecule has 1 heterocycles. The van der Waals surface area contributed by atoms with Crippen LogP contribution in [-0.2, 0) is 9.59 Å². The fraction of sp³-hybridized carbons (Fsp3) is 0.500. The first-order chi connectivity index (χ1) is 10.1. The maximum atomic E-state index is 12.2. The SMILES string of the molecule is CCC1NC(=O)C(C)N(CCCOc2ccccc2)C1=O. The van der Waals surface area contributed by atoms with Gasteiger partial charge in [0.1, 0.15) is 17.8 Å². The largest absolute Gasteiger partial charge is 0.494 e. The summed E-state index contributed by atoms with van der Waals surface area (Å²) in [7, 11) is 0. The monoisotopic (exact) mass is 290 g/mol. The molecule has 2 amide bonds. The van der Waals surface area contributed by atoms with E-state index >= 15 is 0 Å². The van der Waals surface area contributed by atoms with E-state index in [1.807, 2.05) is 37.3 Å². The zero-order valence-electron chi connectivity index (χ0n) is 12.5. The molecule has 1 aliphatic heterocycles. The van der Waals surface area contributed by atoms with Crippen molar-refractivity contribution in [1.82, 2.24) is 10.2 Å². The molecular formula is C16H22N2O3. The number of para-hydroxylation sites is 1. The Bertz CT molecular complexity index is 490. The summed E-state index contributed by atoms with van der Waals surface area (Å²) in [6.45, 7) is 4.72. The highest BCUT2D eigenvalue weighted by Gasteiger charge is 2.36. The van der Waals surface area contributed by atoms with Crippen LogP contribution in [0, 0.1) is 0 Å². The van der Waals surface area contributed by atoms with Crippen LogP contribution in [0.15, 0.2) is 30.3 Å². The molecule has 5 heteroatoms. The summed E-state index contributed by atoms with van der Waals surface area (Å²) in [6.07, 6.45) is 1.32. The Hall–Kier alpha value is -2.04. The standard InChI is InChI=1S/C16H22N2O3/c1-3-14-16(20)18(12(2)15(19)17-14)10-7-11-21-13-8-5-4-6-9-13/h4-6,8-9,12,14H,3,7,10-11H2,1-2H3,(H,17,19). The van der Waals surface area contributed by atoms with E-state index in [-0.39, 0.29) is 17.9 Å². The summed E-state index contributed by atoms with van der Waals surface area (Å²) in [6, 6.07) is 8.78. The molecule has 0 radical (unpaired) electrons. The second-order valence-electron chi connectivity index (χ2n) is 5.19. The second-order valence-corrected chi connectivity index (χ2v) is 5.19. The molecule has 0 aromatic heterocycles. The molecule has 1 N–H and O–H groups in total. The van der Waals surface area contributed by atoms with E-state index in [2.05, 4.69) is 5.32 Å². The molecule has 21 heavy (non-hydrogen) atoms. The van der Waals surface area contributed by atoms with Crippen molar-refractivity contribution < 1.29 is 14.3 Å². The van der Waals surface area contributed by atoms with Gasteiger partial charge < -0.3 is 15.0 Å². The lowest BCUT2D eigenvalue weighted by Gasteiger charge is -2.37. The van der Waals surface area contributed by atoms with Crippen molar-refractivity contribution in [1.29, 1.82) is 0 Å². The minimum absolute atomic E-state index is 0.00399. The topological polar surface area (TPSA) is 58.6 Å². The van der Waals surface area contributed by atoms with Crippen molar-refractivity contribution in [2.45, 2.75) is 38.8 Å². The van der Waals surface area contributed by atoms with Gasteiger partial charge in [-0.25, -0.2) is 0 Å². The number of carbonyl (C=O) groups is 2. The Morgan fingerprint density at radius 3 is 2.62 bits per heavy atom. The molecule has 2 atom stereocenters. The molecular weight excluding hydrogens is 268 g/mol. The zero-order valence-corrected chi connectivity index (χ0v) is 12.5. The fourth-order valence-corrected chi connectivity index (χ4v) is 2.41. The number of amides is 2. The van der Waals surface area contributed by atoms with E-state index in [4.69, 9.17) is 4.74 Å². The molecule has 1 aromatic carbocycles. The molecule has 0 saturated carbocycles. The Kier molecular flexibility index (Phi) is 5.20. The minimum Gasteiger partial charge on any atom is -0.494 e. The molecule has 2 rings (SSSR count). The third-order valence-corrected chi connectivity index (χ3v) is 3.71. The Morgan fingerprint density at radius 2 is 1.95 bits per heavy atom. The number of hydrogen-bond acceptors (Lipinski definition) is 3. The normalized spacial score (nSPS) is 22.1. The van der Waals surface area contributed by atoms with Crippen LogP contribution in [-0.4, -0.2) is 41.9 Å². The second kappa shape index (κ2) is 7.11. The van der Waals surface area contributed by atoms with E-state index in [9.17, 15) is 9.59 Å². The summed E-state index contributed by atoms with van der Waals surface area (Å²) in [5.41, 5.74) is 0. The van der Waals surface area contributed by atoms with Crippen LogP contribution in [0.25, 0.3) is 0 Å². The van der Waals surface area contributed by atoms with E-state index in [1.54, 1.807) is 11.8 Å². The summed E-state index contributed by atoms with van der Waals surface area (Å²) in [5.74, 6) is 0.745. The van der Waals surface area contributed by atoms with Gasteiger partial charge in [-0.3, -0.25) is 9.59 Å². The number of hydrogen-bond donors (Lipinski definition) is 1. The van der Waals surface area contributed by atoms with Gasteiger partial charge in [-0.1, -0.05) is 25.1 Å². The lowest BCUT2D eigenvalue weighted by Crippen LogP contribution is -2.62. The van der Waals surface area contributed by atoms with Crippen molar-refractivity contribution in [3.8, 4) is 5.75 Å². The van der Waals surface area contributed by atoms with Gasteiger partial charge in [0.05, 0.1) is 6.61 Å². The number of ether oxygens (including phenoxy) is 1. The first-order valence-corrected chi connectivity index (χ1v) is 7.42. The van der Waals surface area contributed by atoms with Crippen LogP contribution in [0.1, 0.15) is 26.7 Å². The Labute approximate surface area is 125 Å². The average Bonchev–Trinajstić information content (AvgIpc) is 2.51. The molecule has 2 unspecified atom stereocenters. The van der Waals surface area contributed by atoms with Gasteiger partial charge in [0.25, 0.3) is 0 Å². The van der Waals surface area contributed by atoms with Gasteiger partial charge in [0.2, 0.25) is 11.8 Å². The molecule has 114 valence electrons.